The van der Waals surface area contributed by atoms with E-state index in [2.05, 4.69) is 5.32 Å². The van der Waals surface area contributed by atoms with Gasteiger partial charge in [-0.25, -0.2) is 4.79 Å². The zero-order chi connectivity index (χ0) is 20.5. The summed E-state index contributed by atoms with van der Waals surface area (Å²) in [6.07, 6.45) is 4.55. The first-order valence-electron chi connectivity index (χ1n) is 9.11. The lowest BCUT2D eigenvalue weighted by molar-refractivity contribution is -0.116. The molecule has 1 aromatic rings. The molecule has 8 heteroatoms. The molecule has 1 aliphatic heterocycles. The van der Waals surface area contributed by atoms with Crippen molar-refractivity contribution in [3.63, 3.8) is 0 Å². The van der Waals surface area contributed by atoms with Crippen molar-refractivity contribution in [1.29, 1.82) is 0 Å². The molecule has 2 rings (SSSR count). The summed E-state index contributed by atoms with van der Waals surface area (Å²) < 4.78 is 20.6. The Labute approximate surface area is 165 Å². The van der Waals surface area contributed by atoms with E-state index >= 15 is 0 Å². The van der Waals surface area contributed by atoms with Crippen LogP contribution in [0.4, 0.5) is 4.79 Å². The third kappa shape index (κ3) is 5.55. The van der Waals surface area contributed by atoms with Gasteiger partial charge in [-0.3, -0.25) is 4.79 Å². The molecule has 2 amide bonds. The van der Waals surface area contributed by atoms with Crippen molar-refractivity contribution in [3.05, 3.63) is 23.8 Å². The number of carbonyl (C=O) groups is 2. The van der Waals surface area contributed by atoms with Crippen LogP contribution in [-0.2, 0) is 9.53 Å². The average Bonchev–Trinajstić information content (AvgIpc) is 2.74. The van der Waals surface area contributed by atoms with Crippen LogP contribution in [0, 0.1) is 5.92 Å². The molecule has 28 heavy (non-hydrogen) atoms. The average molecular weight is 392 g/mol. The van der Waals surface area contributed by atoms with Crippen molar-refractivity contribution in [2.24, 2.45) is 5.92 Å². The Hall–Kier alpha value is -2.90. The van der Waals surface area contributed by atoms with Crippen LogP contribution in [0.1, 0.15) is 18.4 Å². The number of hydrogen-bond donors (Lipinski definition) is 1. The number of piperidine rings is 1. The van der Waals surface area contributed by atoms with Crippen LogP contribution >= 0.6 is 0 Å². The van der Waals surface area contributed by atoms with Crippen LogP contribution in [0.25, 0.3) is 6.08 Å². The fourth-order valence-electron chi connectivity index (χ4n) is 3.12. The summed E-state index contributed by atoms with van der Waals surface area (Å²) in [6, 6.07) is 3.54. The summed E-state index contributed by atoms with van der Waals surface area (Å²) in [7, 11) is 6.01. The Morgan fingerprint density at radius 2 is 1.68 bits per heavy atom. The maximum absolute atomic E-state index is 12.1. The van der Waals surface area contributed by atoms with Crippen molar-refractivity contribution in [2.75, 3.05) is 48.1 Å². The van der Waals surface area contributed by atoms with Gasteiger partial charge in [0.05, 0.1) is 28.4 Å². The molecule has 154 valence electrons. The van der Waals surface area contributed by atoms with Crippen LogP contribution in [0.15, 0.2) is 18.2 Å². The predicted octanol–water partition coefficient (Wildman–Crippen LogP) is 2.32. The molecule has 1 aromatic carbocycles. The predicted molar refractivity (Wildman–Crippen MR) is 105 cm³/mol. The number of rotatable bonds is 7. The molecule has 1 heterocycles. The van der Waals surface area contributed by atoms with Gasteiger partial charge in [0.25, 0.3) is 0 Å². The maximum atomic E-state index is 12.1. The summed E-state index contributed by atoms with van der Waals surface area (Å²) in [6.45, 7) is 1.87. The third-order valence-corrected chi connectivity index (χ3v) is 4.73. The Kier molecular flexibility index (Phi) is 7.98. The minimum atomic E-state index is -0.296. The molecule has 1 N–H and O–H groups in total. The van der Waals surface area contributed by atoms with Gasteiger partial charge in [-0.15, -0.1) is 0 Å². The minimum absolute atomic E-state index is 0.177. The van der Waals surface area contributed by atoms with Crippen molar-refractivity contribution in [2.45, 2.75) is 12.8 Å². The zero-order valence-corrected chi connectivity index (χ0v) is 16.8. The topological polar surface area (TPSA) is 86.3 Å². The highest BCUT2D eigenvalue weighted by Crippen LogP contribution is 2.38. The normalized spacial score (nSPS) is 14.6. The van der Waals surface area contributed by atoms with Crippen molar-refractivity contribution < 1.29 is 28.5 Å². The molecular weight excluding hydrogens is 364 g/mol. The van der Waals surface area contributed by atoms with Crippen molar-refractivity contribution in [1.82, 2.24) is 10.2 Å². The highest BCUT2D eigenvalue weighted by Gasteiger charge is 2.23. The SMILES string of the molecule is COC(=O)N1CCC(CNC(=O)/C=C/c2cc(OC)c(OC)c(OC)c2)CC1. The first-order valence-corrected chi connectivity index (χ1v) is 9.11. The standard InChI is InChI=1S/C20H28N2O6/c1-25-16-11-15(12-17(26-2)19(16)27-3)5-6-18(23)21-13-14-7-9-22(10-8-14)20(24)28-4/h5-6,11-12,14H,7-10,13H2,1-4H3,(H,21,23)/b6-5+. The van der Waals surface area contributed by atoms with Crippen LogP contribution in [0.2, 0.25) is 0 Å². The number of nitrogens with zero attached hydrogens (tertiary/aromatic N) is 1. The zero-order valence-electron chi connectivity index (χ0n) is 16.8. The molecule has 0 spiro atoms. The van der Waals surface area contributed by atoms with Crippen LogP contribution < -0.4 is 19.5 Å². The van der Waals surface area contributed by atoms with Gasteiger partial charge in [0, 0.05) is 25.7 Å². The summed E-state index contributed by atoms with van der Waals surface area (Å²) in [5.41, 5.74) is 0.760. The van der Waals surface area contributed by atoms with Crippen molar-refractivity contribution in [3.8, 4) is 17.2 Å². The Morgan fingerprint density at radius 3 is 2.18 bits per heavy atom. The van der Waals surface area contributed by atoms with Gasteiger partial charge in [-0.1, -0.05) is 0 Å². The van der Waals surface area contributed by atoms with Gasteiger partial charge in [0.2, 0.25) is 11.7 Å². The van der Waals surface area contributed by atoms with Crippen LogP contribution in [0.3, 0.4) is 0 Å². The molecule has 0 bridgehead atoms. The van der Waals surface area contributed by atoms with E-state index in [0.717, 1.165) is 18.4 Å². The molecule has 0 aromatic heterocycles. The molecule has 1 fully saturated rings. The smallest absolute Gasteiger partial charge is 0.409 e. The number of amides is 2. The lowest BCUT2D eigenvalue weighted by Gasteiger charge is -2.30. The van der Waals surface area contributed by atoms with Gasteiger partial charge in [-0.05, 0) is 42.5 Å². The number of methoxy groups -OCH3 is 4. The van der Waals surface area contributed by atoms with E-state index in [-0.39, 0.29) is 12.0 Å². The first kappa shape index (κ1) is 21.4. The molecule has 0 aliphatic carbocycles. The second-order valence-electron chi connectivity index (χ2n) is 6.44. The van der Waals surface area contributed by atoms with E-state index in [1.165, 1.54) is 13.2 Å². The lowest BCUT2D eigenvalue weighted by atomic mass is 9.97. The highest BCUT2D eigenvalue weighted by atomic mass is 16.5. The molecule has 0 saturated carbocycles. The fraction of sp³-hybridized carbons (Fsp3) is 0.500. The molecule has 1 aliphatic rings. The summed E-state index contributed by atoms with van der Waals surface area (Å²) in [5.74, 6) is 1.73. The van der Waals surface area contributed by atoms with Gasteiger partial charge in [0.1, 0.15) is 0 Å². The third-order valence-electron chi connectivity index (χ3n) is 4.73. The summed E-state index contributed by atoms with van der Waals surface area (Å²) in [4.78, 5) is 25.3. The number of ether oxygens (including phenoxy) is 4. The van der Waals surface area contributed by atoms with E-state index in [0.29, 0.717) is 42.8 Å². The van der Waals surface area contributed by atoms with Gasteiger partial charge in [-0.2, -0.15) is 0 Å². The number of carbonyl (C=O) groups excluding carboxylic acids is 2. The van der Waals surface area contributed by atoms with Crippen LogP contribution in [0.5, 0.6) is 17.2 Å². The van der Waals surface area contributed by atoms with E-state index in [1.54, 1.807) is 44.4 Å². The van der Waals surface area contributed by atoms with E-state index < -0.39 is 0 Å². The van der Waals surface area contributed by atoms with Gasteiger partial charge in [0.15, 0.2) is 11.5 Å². The monoisotopic (exact) mass is 392 g/mol. The van der Waals surface area contributed by atoms with E-state index in [1.807, 2.05) is 0 Å². The molecule has 0 radical (unpaired) electrons. The molecular formula is C20H28N2O6. The van der Waals surface area contributed by atoms with Crippen molar-refractivity contribution >= 4 is 18.1 Å². The second kappa shape index (κ2) is 10.4. The largest absolute Gasteiger partial charge is 0.493 e. The number of nitrogens with one attached hydrogen (secondary N) is 1. The quantitative estimate of drug-likeness (QED) is 0.717. The van der Waals surface area contributed by atoms with Gasteiger partial charge < -0.3 is 29.2 Å². The molecule has 8 nitrogen and oxygen atoms in total. The molecule has 0 unspecified atom stereocenters. The molecule has 0 atom stereocenters. The second-order valence-corrected chi connectivity index (χ2v) is 6.44. The first-order chi connectivity index (χ1) is 13.5. The van der Waals surface area contributed by atoms with Gasteiger partial charge >= 0.3 is 6.09 Å². The highest BCUT2D eigenvalue weighted by molar-refractivity contribution is 5.91. The van der Waals surface area contributed by atoms with Crippen LogP contribution in [-0.4, -0.2) is 65.0 Å². The van der Waals surface area contributed by atoms with E-state index in [9.17, 15) is 9.59 Å². The minimum Gasteiger partial charge on any atom is -0.493 e. The number of hydrogen-bond acceptors (Lipinski definition) is 6. The summed E-state index contributed by atoms with van der Waals surface area (Å²) in [5, 5.41) is 2.91. The Morgan fingerprint density at radius 1 is 1.07 bits per heavy atom. The number of benzene rings is 1. The Bertz CT molecular complexity index is 686. The Balaban J connectivity index is 1.88. The lowest BCUT2D eigenvalue weighted by Crippen LogP contribution is -2.41. The fourth-order valence-corrected chi connectivity index (χ4v) is 3.12. The molecule has 1 saturated heterocycles. The maximum Gasteiger partial charge on any atom is 0.409 e. The van der Waals surface area contributed by atoms with E-state index in [4.69, 9.17) is 18.9 Å². The number of likely N-dealkylation sites (tertiary alicyclic amines) is 1. The summed E-state index contributed by atoms with van der Waals surface area (Å²) >= 11 is 0.